The first kappa shape index (κ1) is 38.8. The number of anilines is 5. The lowest BCUT2D eigenvalue weighted by Crippen LogP contribution is -2.24. The summed E-state index contributed by atoms with van der Waals surface area (Å²) in [5, 5.41) is 7.58. The van der Waals surface area contributed by atoms with E-state index in [4.69, 9.17) is 55.6 Å². The van der Waals surface area contributed by atoms with Gasteiger partial charge in [-0.2, -0.15) is 31.8 Å². The molecule has 1 aliphatic carbocycles. The standard InChI is InChI=1S/C30H20Cl4N8O10S3/c1-11(36-29-40-28(34)41-30(42-29)37-12-2-4-13(5-3-12)53(43)44)10-35-17-9-8-16-23(27(17)55(48,49)50)52-25-19(33)20-24(18(32)21(25)39-16)51-22-15(38-20)7-6-14(31)26(22)54(45,46)47/h2-9,11,38H,10H2,1H3,(H,43,44)(H,45,46,47)(H,48,49,50)(H2,36,37,40,41,42). The van der Waals surface area contributed by atoms with Crippen molar-refractivity contribution in [2.45, 2.75) is 27.7 Å². The smallest absolute Gasteiger partial charge is 0.300 e. The third-order valence-electron chi connectivity index (χ3n) is 7.65. The first-order valence-corrected chi connectivity index (χ1v) is 20.6. The first-order chi connectivity index (χ1) is 25.9. The zero-order valence-electron chi connectivity index (χ0n) is 27.1. The van der Waals surface area contributed by atoms with Gasteiger partial charge in [-0.25, -0.2) is 9.19 Å². The van der Waals surface area contributed by atoms with Gasteiger partial charge in [-0.05, 0) is 67.1 Å². The van der Waals surface area contributed by atoms with Crippen LogP contribution in [0.5, 0.6) is 11.5 Å². The minimum atomic E-state index is -5.03. The second kappa shape index (κ2) is 14.6. The number of ether oxygens (including phenoxy) is 1. The van der Waals surface area contributed by atoms with Gasteiger partial charge in [0, 0.05) is 11.7 Å². The van der Waals surface area contributed by atoms with E-state index >= 15 is 0 Å². The topological polar surface area (TPSA) is 268 Å². The highest BCUT2D eigenvalue weighted by Crippen LogP contribution is 2.55. The maximum Gasteiger partial charge on any atom is 0.300 e. The summed E-state index contributed by atoms with van der Waals surface area (Å²) in [4.78, 5) is 19.9. The predicted octanol–water partition coefficient (Wildman–Crippen LogP) is 6.80. The molecule has 18 nitrogen and oxygen atoms in total. The molecule has 2 atom stereocenters. The van der Waals surface area contributed by atoms with Gasteiger partial charge in [0.2, 0.25) is 17.2 Å². The fourth-order valence-corrected chi connectivity index (χ4v) is 8.30. The molecule has 0 radical (unpaired) electrons. The van der Waals surface area contributed by atoms with Crippen molar-refractivity contribution >= 4 is 118 Å². The van der Waals surface area contributed by atoms with Crippen molar-refractivity contribution in [2.75, 3.05) is 22.5 Å². The third kappa shape index (κ3) is 7.72. The van der Waals surface area contributed by atoms with Gasteiger partial charge in [0.25, 0.3) is 10.1 Å². The molecule has 25 heteroatoms. The molecule has 7 rings (SSSR count). The van der Waals surface area contributed by atoms with Gasteiger partial charge in [0.15, 0.2) is 43.7 Å². The Kier molecular flexibility index (Phi) is 10.3. The lowest BCUT2D eigenvalue weighted by atomic mass is 10.1. The zero-order chi connectivity index (χ0) is 39.6. The number of fused-ring (bicyclic) bond motifs is 4. The molecule has 0 amide bonds. The number of hydrogen-bond donors (Lipinski definition) is 6. The van der Waals surface area contributed by atoms with E-state index in [0.717, 1.165) is 0 Å². The summed E-state index contributed by atoms with van der Waals surface area (Å²) in [5.41, 5.74) is 0.0137. The van der Waals surface area contributed by atoms with Crippen molar-refractivity contribution < 1.29 is 43.9 Å². The van der Waals surface area contributed by atoms with Gasteiger partial charge >= 0.3 is 10.1 Å². The van der Waals surface area contributed by atoms with Gasteiger partial charge in [0.05, 0.1) is 27.5 Å². The summed E-state index contributed by atoms with van der Waals surface area (Å²) in [5.74, 6) is -0.924. The van der Waals surface area contributed by atoms with Crippen molar-refractivity contribution in [2.24, 2.45) is 4.99 Å². The van der Waals surface area contributed by atoms with E-state index in [1.807, 2.05) is 0 Å². The average Bonchev–Trinajstić information content (AvgIpc) is 3.10. The van der Waals surface area contributed by atoms with Crippen LogP contribution in [0.2, 0.25) is 20.4 Å². The maximum atomic E-state index is 12.8. The molecule has 3 aliphatic rings. The number of benzene rings is 4. The molecule has 6 N–H and O–H groups in total. The molecule has 0 saturated carbocycles. The summed E-state index contributed by atoms with van der Waals surface area (Å²) in [6.45, 7) is 1.58. The average molecular weight is 891 g/mol. The van der Waals surface area contributed by atoms with Crippen LogP contribution in [-0.2, 0) is 31.3 Å². The molecular weight excluding hydrogens is 870 g/mol. The molecule has 3 aromatic carbocycles. The number of hydrogen-bond acceptors (Lipinski definition) is 15. The van der Waals surface area contributed by atoms with E-state index in [9.17, 15) is 34.7 Å². The number of nitrogens with one attached hydrogen (secondary N) is 3. The molecule has 2 unspecified atom stereocenters. The fourth-order valence-electron chi connectivity index (χ4n) is 5.33. The Morgan fingerprint density at radius 2 is 1.56 bits per heavy atom. The Morgan fingerprint density at radius 3 is 2.24 bits per heavy atom. The normalized spacial score (nSPS) is 14.1. The largest absolute Gasteiger partial charge is 0.450 e. The summed E-state index contributed by atoms with van der Waals surface area (Å²) >= 11 is 23.4. The van der Waals surface area contributed by atoms with Crippen molar-refractivity contribution in [3.63, 3.8) is 0 Å². The van der Waals surface area contributed by atoms with E-state index in [1.165, 1.54) is 36.4 Å². The Bertz CT molecular complexity index is 2870. The second-order valence-electron chi connectivity index (χ2n) is 11.5. The van der Waals surface area contributed by atoms with Crippen molar-refractivity contribution in [1.29, 1.82) is 0 Å². The third-order valence-corrected chi connectivity index (χ3v) is 11.5. The van der Waals surface area contributed by atoms with Crippen LogP contribution in [0, 0.1) is 0 Å². The molecular formula is C30H20Cl4N8O10S3. The van der Waals surface area contributed by atoms with Gasteiger partial charge in [-0.1, -0.05) is 34.8 Å². The first-order valence-electron chi connectivity index (χ1n) is 15.1. The molecule has 2 aliphatic heterocycles. The minimum Gasteiger partial charge on any atom is -0.450 e. The molecule has 4 aromatic rings. The SMILES string of the molecule is CC(CN=c1ccc2nc3c(Cl)c4c(c(Cl)c3oc-2c1S(=O)(=O)O)Nc1ccc(Cl)c(S(=O)(=O)O)c1O4)Nc1nc(Cl)nc(Nc2ccc(S(=O)O)cc2)n1. The van der Waals surface area contributed by atoms with Crippen LogP contribution >= 0.6 is 46.4 Å². The number of halogens is 4. The van der Waals surface area contributed by atoms with Gasteiger partial charge < -0.3 is 29.7 Å². The van der Waals surface area contributed by atoms with Crippen molar-refractivity contribution in [3.05, 3.63) is 74.2 Å². The summed E-state index contributed by atoms with van der Waals surface area (Å²) in [6, 6.07) is 10.6. The van der Waals surface area contributed by atoms with E-state index in [2.05, 4.69) is 40.9 Å². The Hall–Kier alpha value is -4.42. The molecule has 0 bridgehead atoms. The summed E-state index contributed by atoms with van der Waals surface area (Å²) in [6.07, 6.45) is 0. The quantitative estimate of drug-likeness (QED) is 0.0494. The Balaban J connectivity index is 1.22. The monoisotopic (exact) mass is 888 g/mol. The molecule has 0 spiro atoms. The van der Waals surface area contributed by atoms with Crippen LogP contribution in [0.15, 0.2) is 72.6 Å². The highest BCUT2D eigenvalue weighted by Gasteiger charge is 2.34. The molecule has 55 heavy (non-hydrogen) atoms. The number of nitrogens with zero attached hydrogens (tertiary/aromatic N) is 5. The lowest BCUT2D eigenvalue weighted by Gasteiger charge is -2.26. The molecule has 3 heterocycles. The van der Waals surface area contributed by atoms with Gasteiger partial charge in [0.1, 0.15) is 26.9 Å². The fraction of sp³-hybridized carbons (Fsp3) is 0.100. The van der Waals surface area contributed by atoms with Crippen molar-refractivity contribution in [1.82, 2.24) is 19.9 Å². The number of aromatic nitrogens is 4. The van der Waals surface area contributed by atoms with Crippen LogP contribution in [0.3, 0.4) is 0 Å². The minimum absolute atomic E-state index is 0.0246. The van der Waals surface area contributed by atoms with E-state index in [0.29, 0.717) is 5.69 Å². The van der Waals surface area contributed by atoms with Crippen LogP contribution in [0.25, 0.3) is 22.6 Å². The molecule has 0 fully saturated rings. The van der Waals surface area contributed by atoms with E-state index in [-0.39, 0.29) is 88.7 Å². The van der Waals surface area contributed by atoms with Crippen molar-refractivity contribution in [3.8, 4) is 23.0 Å². The molecule has 286 valence electrons. The van der Waals surface area contributed by atoms with Crippen LogP contribution in [-0.4, -0.2) is 67.2 Å². The van der Waals surface area contributed by atoms with Gasteiger partial charge in [-0.15, -0.1) is 0 Å². The van der Waals surface area contributed by atoms with Gasteiger partial charge in [-0.3, -0.25) is 14.1 Å². The highest BCUT2D eigenvalue weighted by atomic mass is 35.5. The summed E-state index contributed by atoms with van der Waals surface area (Å²) in [7, 11) is -9.90. The van der Waals surface area contributed by atoms with Crippen LogP contribution in [0.4, 0.5) is 29.0 Å². The maximum absolute atomic E-state index is 12.8. The Morgan fingerprint density at radius 1 is 0.873 bits per heavy atom. The zero-order valence-corrected chi connectivity index (χ0v) is 32.5. The van der Waals surface area contributed by atoms with Crippen LogP contribution in [0.1, 0.15) is 6.92 Å². The molecule has 0 saturated heterocycles. The Labute approximate surface area is 332 Å². The predicted molar refractivity (Wildman–Crippen MR) is 202 cm³/mol. The summed E-state index contributed by atoms with van der Waals surface area (Å²) < 4.78 is 102. The van der Waals surface area contributed by atoms with E-state index < -0.39 is 52.9 Å². The lowest BCUT2D eigenvalue weighted by molar-refractivity contribution is 0.449. The molecule has 1 aromatic heterocycles. The highest BCUT2D eigenvalue weighted by molar-refractivity contribution is 7.86. The second-order valence-corrected chi connectivity index (χ2v) is 16.6. The van der Waals surface area contributed by atoms with E-state index in [1.54, 1.807) is 19.1 Å². The van der Waals surface area contributed by atoms with Crippen LogP contribution < -0.4 is 26.0 Å². The number of rotatable bonds is 9.